The molecule has 3 unspecified atom stereocenters. The van der Waals surface area contributed by atoms with Crippen LogP contribution < -0.4 is 5.84 Å². The first-order valence-corrected chi connectivity index (χ1v) is 6.07. The maximum atomic E-state index is 11.3. The van der Waals surface area contributed by atoms with Crippen molar-refractivity contribution in [1.29, 1.82) is 0 Å². The summed E-state index contributed by atoms with van der Waals surface area (Å²) in [6.07, 6.45) is 1.93. The first kappa shape index (κ1) is 15.9. The molecule has 0 aliphatic carbocycles. The smallest absolute Gasteiger partial charge is 0.305 e. The number of amides is 1. The highest BCUT2D eigenvalue weighted by Gasteiger charge is 2.29. The number of nitrogens with two attached hydrogens (primary N) is 1. The van der Waals surface area contributed by atoms with Crippen molar-refractivity contribution in [1.82, 2.24) is 5.01 Å². The SMILES string of the molecule is CCCC(C)C(C)C(CC(=O)O)N(N)C(C)=O. The first-order chi connectivity index (χ1) is 7.81. The number of hydrogen-bond acceptors (Lipinski definition) is 3. The predicted molar refractivity (Wildman–Crippen MR) is 66.0 cm³/mol. The topological polar surface area (TPSA) is 83.6 Å². The maximum absolute atomic E-state index is 11.3. The summed E-state index contributed by atoms with van der Waals surface area (Å²) in [7, 11) is 0. The molecule has 17 heavy (non-hydrogen) atoms. The molecule has 0 aliphatic heterocycles. The lowest BCUT2D eigenvalue weighted by atomic mass is 9.84. The Kier molecular flexibility index (Phi) is 6.80. The molecule has 5 heteroatoms. The zero-order chi connectivity index (χ0) is 13.6. The highest BCUT2D eigenvalue weighted by atomic mass is 16.4. The standard InChI is InChI=1S/C12H24N2O3/c1-5-6-8(2)9(3)11(7-12(16)17)14(13)10(4)15/h8-9,11H,5-7,13H2,1-4H3,(H,16,17). The molecule has 0 fully saturated rings. The van der Waals surface area contributed by atoms with Crippen molar-refractivity contribution in [2.45, 2.75) is 53.0 Å². The van der Waals surface area contributed by atoms with Crippen molar-refractivity contribution < 1.29 is 14.7 Å². The van der Waals surface area contributed by atoms with Crippen molar-refractivity contribution in [3.8, 4) is 0 Å². The first-order valence-electron chi connectivity index (χ1n) is 6.07. The van der Waals surface area contributed by atoms with Gasteiger partial charge < -0.3 is 5.11 Å². The monoisotopic (exact) mass is 244 g/mol. The van der Waals surface area contributed by atoms with Gasteiger partial charge >= 0.3 is 5.97 Å². The number of carboxylic acid groups (broad SMARTS) is 1. The van der Waals surface area contributed by atoms with Crippen LogP contribution in [0.15, 0.2) is 0 Å². The molecule has 0 heterocycles. The average Bonchev–Trinajstić information content (AvgIpc) is 2.23. The van der Waals surface area contributed by atoms with Crippen LogP contribution in [0.25, 0.3) is 0 Å². The van der Waals surface area contributed by atoms with Crippen LogP contribution in [0.1, 0.15) is 47.0 Å². The zero-order valence-electron chi connectivity index (χ0n) is 11.1. The summed E-state index contributed by atoms with van der Waals surface area (Å²) in [6, 6.07) is -0.438. The minimum absolute atomic E-state index is 0.0694. The normalized spacial score (nSPS) is 16.1. The summed E-state index contributed by atoms with van der Waals surface area (Å²) >= 11 is 0. The lowest BCUT2D eigenvalue weighted by Crippen LogP contribution is -2.49. The van der Waals surface area contributed by atoms with E-state index >= 15 is 0 Å². The fourth-order valence-corrected chi connectivity index (χ4v) is 2.05. The quantitative estimate of drug-likeness (QED) is 0.405. The van der Waals surface area contributed by atoms with Gasteiger partial charge in [0.05, 0.1) is 12.5 Å². The Labute approximate surface area is 103 Å². The number of rotatable bonds is 7. The molecule has 0 aromatic heterocycles. The molecule has 3 atom stereocenters. The largest absolute Gasteiger partial charge is 0.481 e. The second kappa shape index (κ2) is 7.27. The molecular weight excluding hydrogens is 220 g/mol. The molecule has 0 aromatic rings. The minimum atomic E-state index is -0.928. The van der Waals surface area contributed by atoms with E-state index in [1.54, 1.807) is 0 Å². The van der Waals surface area contributed by atoms with Gasteiger partial charge in [-0.2, -0.15) is 0 Å². The van der Waals surface area contributed by atoms with Gasteiger partial charge in [0.15, 0.2) is 0 Å². The molecule has 1 amide bonds. The summed E-state index contributed by atoms with van der Waals surface area (Å²) in [5.41, 5.74) is 0. The number of nitrogens with zero attached hydrogens (tertiary/aromatic N) is 1. The van der Waals surface area contributed by atoms with E-state index in [1.807, 2.05) is 6.92 Å². The molecule has 0 rings (SSSR count). The lowest BCUT2D eigenvalue weighted by molar-refractivity contribution is -0.142. The molecule has 0 aliphatic rings. The summed E-state index contributed by atoms with van der Waals surface area (Å²) in [6.45, 7) is 7.46. The molecular formula is C12H24N2O3. The number of carboxylic acids is 1. The Morgan fingerprint density at radius 1 is 1.35 bits per heavy atom. The second-order valence-corrected chi connectivity index (χ2v) is 4.72. The predicted octanol–water partition coefficient (Wildman–Crippen LogP) is 1.62. The van der Waals surface area contributed by atoms with E-state index in [4.69, 9.17) is 10.9 Å². The Morgan fingerprint density at radius 3 is 2.24 bits per heavy atom. The number of carbonyl (C=O) groups is 2. The van der Waals surface area contributed by atoms with Gasteiger partial charge in [-0.1, -0.05) is 33.6 Å². The molecule has 0 bridgehead atoms. The Morgan fingerprint density at radius 2 is 1.88 bits per heavy atom. The van der Waals surface area contributed by atoms with Crippen LogP contribution in [0, 0.1) is 11.8 Å². The summed E-state index contributed by atoms with van der Waals surface area (Å²) in [4.78, 5) is 22.1. The van der Waals surface area contributed by atoms with Crippen molar-refractivity contribution in [2.75, 3.05) is 0 Å². The molecule has 0 spiro atoms. The lowest BCUT2D eigenvalue weighted by Gasteiger charge is -2.33. The molecule has 3 N–H and O–H groups in total. The number of hydrogen-bond donors (Lipinski definition) is 2. The molecule has 0 radical (unpaired) electrons. The van der Waals surface area contributed by atoms with Crippen molar-refractivity contribution in [3.05, 3.63) is 0 Å². The van der Waals surface area contributed by atoms with E-state index in [2.05, 4.69) is 13.8 Å². The van der Waals surface area contributed by atoms with Gasteiger partial charge in [0, 0.05) is 6.92 Å². The van der Waals surface area contributed by atoms with E-state index in [-0.39, 0.29) is 18.2 Å². The molecule has 0 aromatic carbocycles. The van der Waals surface area contributed by atoms with Gasteiger partial charge in [0.25, 0.3) is 0 Å². The van der Waals surface area contributed by atoms with Gasteiger partial charge in [-0.05, 0) is 11.8 Å². The van der Waals surface area contributed by atoms with E-state index in [1.165, 1.54) is 6.92 Å². The molecule has 5 nitrogen and oxygen atoms in total. The molecule has 100 valence electrons. The molecule has 0 saturated heterocycles. The van der Waals surface area contributed by atoms with Gasteiger partial charge in [-0.3, -0.25) is 14.6 Å². The third kappa shape index (κ3) is 5.17. The van der Waals surface area contributed by atoms with Crippen LogP contribution in [0.4, 0.5) is 0 Å². The molecule has 0 saturated carbocycles. The highest BCUT2D eigenvalue weighted by molar-refractivity contribution is 5.74. The van der Waals surface area contributed by atoms with Crippen molar-refractivity contribution >= 4 is 11.9 Å². The fourth-order valence-electron chi connectivity index (χ4n) is 2.05. The number of carbonyl (C=O) groups excluding carboxylic acids is 1. The fraction of sp³-hybridized carbons (Fsp3) is 0.833. The van der Waals surface area contributed by atoms with Crippen LogP contribution in [0.3, 0.4) is 0 Å². The summed E-state index contributed by atoms with van der Waals surface area (Å²) in [5.74, 6) is 4.85. The van der Waals surface area contributed by atoms with E-state index in [0.717, 1.165) is 17.9 Å². The van der Waals surface area contributed by atoms with Gasteiger partial charge in [-0.15, -0.1) is 0 Å². The van der Waals surface area contributed by atoms with Crippen LogP contribution in [0.2, 0.25) is 0 Å². The summed E-state index contributed by atoms with van der Waals surface area (Å²) in [5, 5.41) is 9.94. The van der Waals surface area contributed by atoms with E-state index < -0.39 is 12.0 Å². The zero-order valence-corrected chi connectivity index (χ0v) is 11.1. The number of hydrazine groups is 1. The van der Waals surface area contributed by atoms with E-state index in [9.17, 15) is 9.59 Å². The Balaban J connectivity index is 4.77. The van der Waals surface area contributed by atoms with Crippen LogP contribution in [0.5, 0.6) is 0 Å². The van der Waals surface area contributed by atoms with Crippen molar-refractivity contribution in [3.63, 3.8) is 0 Å². The highest BCUT2D eigenvalue weighted by Crippen LogP contribution is 2.24. The van der Waals surface area contributed by atoms with Crippen molar-refractivity contribution in [2.24, 2.45) is 17.7 Å². The maximum Gasteiger partial charge on any atom is 0.305 e. The van der Waals surface area contributed by atoms with Gasteiger partial charge in [0.1, 0.15) is 0 Å². The minimum Gasteiger partial charge on any atom is -0.481 e. The third-order valence-corrected chi connectivity index (χ3v) is 3.35. The second-order valence-electron chi connectivity index (χ2n) is 4.72. The van der Waals surface area contributed by atoms with E-state index in [0.29, 0.717) is 5.92 Å². The summed E-state index contributed by atoms with van der Waals surface area (Å²) < 4.78 is 0. The Bertz CT molecular complexity index is 268. The van der Waals surface area contributed by atoms with Crippen LogP contribution in [-0.4, -0.2) is 28.0 Å². The van der Waals surface area contributed by atoms with Gasteiger partial charge in [-0.25, -0.2) is 5.84 Å². The average molecular weight is 244 g/mol. The van der Waals surface area contributed by atoms with Crippen LogP contribution >= 0.6 is 0 Å². The van der Waals surface area contributed by atoms with Crippen LogP contribution in [-0.2, 0) is 9.59 Å². The Hall–Kier alpha value is -1.10. The number of aliphatic carboxylic acids is 1. The van der Waals surface area contributed by atoms with Gasteiger partial charge in [0.2, 0.25) is 5.91 Å². The third-order valence-electron chi connectivity index (χ3n) is 3.35.